The Kier molecular flexibility index (Phi) is 7.36. The minimum absolute atomic E-state index is 0. The Labute approximate surface area is 145 Å². The fourth-order valence-corrected chi connectivity index (χ4v) is 2.69. The molecule has 0 aliphatic carbocycles. The van der Waals surface area contributed by atoms with E-state index < -0.39 is 0 Å². The predicted molar refractivity (Wildman–Crippen MR) is 96.5 cm³/mol. The van der Waals surface area contributed by atoms with Crippen LogP contribution in [0.5, 0.6) is 5.75 Å². The van der Waals surface area contributed by atoms with E-state index in [4.69, 9.17) is 4.74 Å². The third kappa shape index (κ3) is 6.04. The van der Waals surface area contributed by atoms with Crippen LogP contribution in [0.1, 0.15) is 46.1 Å². The summed E-state index contributed by atoms with van der Waals surface area (Å²) in [6.07, 6.45) is 2.13. The molecule has 5 heteroatoms. The number of hydrogen-bond acceptors (Lipinski definition) is 3. The highest BCUT2D eigenvalue weighted by Crippen LogP contribution is 2.24. The van der Waals surface area contributed by atoms with Gasteiger partial charge in [-0.3, -0.25) is 4.79 Å². The maximum Gasteiger partial charge on any atom is 0.258 e. The van der Waals surface area contributed by atoms with Crippen LogP contribution in [-0.2, 0) is 10.2 Å². The summed E-state index contributed by atoms with van der Waals surface area (Å²) in [5.41, 5.74) is 1.38. The molecule has 2 unspecified atom stereocenters. The number of piperidine rings is 1. The Hall–Kier alpha value is -1.26. The highest BCUT2D eigenvalue weighted by molar-refractivity contribution is 5.85. The van der Waals surface area contributed by atoms with E-state index in [0.29, 0.717) is 6.04 Å². The Balaban J connectivity index is 0.00000264. The smallest absolute Gasteiger partial charge is 0.258 e. The number of carbonyl (C=O) groups is 1. The SMILES string of the molecule is CC1NCCCC1NC(=O)COc1ccc(C(C)(C)C)cc1.Cl. The van der Waals surface area contributed by atoms with E-state index in [1.165, 1.54) is 5.56 Å². The number of amides is 1. The third-order valence-electron chi connectivity index (χ3n) is 4.20. The van der Waals surface area contributed by atoms with Gasteiger partial charge in [0.05, 0.1) is 0 Å². The van der Waals surface area contributed by atoms with Crippen molar-refractivity contribution in [2.45, 2.75) is 58.0 Å². The minimum atomic E-state index is -0.0551. The largest absolute Gasteiger partial charge is 0.484 e. The molecule has 0 spiro atoms. The standard InChI is InChI=1S/C18H28N2O2.ClH/c1-13-16(6-5-11-19-13)20-17(21)12-22-15-9-7-14(8-10-15)18(2,3)4;/h7-10,13,16,19H,5-6,11-12H2,1-4H3,(H,20,21);1H. The van der Waals surface area contributed by atoms with Crippen molar-refractivity contribution in [1.82, 2.24) is 10.6 Å². The molecule has 4 nitrogen and oxygen atoms in total. The van der Waals surface area contributed by atoms with Gasteiger partial charge < -0.3 is 15.4 Å². The van der Waals surface area contributed by atoms with E-state index in [-0.39, 0.29) is 36.4 Å². The summed E-state index contributed by atoms with van der Waals surface area (Å²) in [4.78, 5) is 12.0. The van der Waals surface area contributed by atoms with Gasteiger partial charge in [-0.25, -0.2) is 0 Å². The second kappa shape index (κ2) is 8.55. The van der Waals surface area contributed by atoms with Gasteiger partial charge >= 0.3 is 0 Å². The van der Waals surface area contributed by atoms with Crippen LogP contribution in [0, 0.1) is 0 Å². The fraction of sp³-hybridized carbons (Fsp3) is 0.611. The lowest BCUT2D eigenvalue weighted by atomic mass is 9.87. The van der Waals surface area contributed by atoms with E-state index in [2.05, 4.69) is 50.5 Å². The molecule has 0 saturated carbocycles. The van der Waals surface area contributed by atoms with Gasteiger partial charge in [0.1, 0.15) is 5.75 Å². The number of benzene rings is 1. The van der Waals surface area contributed by atoms with Gasteiger partial charge in [0, 0.05) is 12.1 Å². The molecule has 1 aliphatic rings. The number of halogens is 1. The average Bonchev–Trinajstić information content (AvgIpc) is 2.47. The highest BCUT2D eigenvalue weighted by atomic mass is 35.5. The molecule has 2 N–H and O–H groups in total. The minimum Gasteiger partial charge on any atom is -0.484 e. The van der Waals surface area contributed by atoms with Gasteiger partial charge in [0.15, 0.2) is 6.61 Å². The summed E-state index contributed by atoms with van der Waals surface area (Å²) in [5.74, 6) is 0.679. The van der Waals surface area contributed by atoms with E-state index >= 15 is 0 Å². The van der Waals surface area contributed by atoms with E-state index in [0.717, 1.165) is 25.1 Å². The monoisotopic (exact) mass is 340 g/mol. The lowest BCUT2D eigenvalue weighted by Crippen LogP contribution is -2.52. The molecule has 1 fully saturated rings. The quantitative estimate of drug-likeness (QED) is 0.885. The summed E-state index contributed by atoms with van der Waals surface area (Å²) in [7, 11) is 0. The number of hydrogen-bond donors (Lipinski definition) is 2. The summed E-state index contributed by atoms with van der Waals surface area (Å²) in [6, 6.07) is 8.50. The Morgan fingerprint density at radius 2 is 1.96 bits per heavy atom. The van der Waals surface area contributed by atoms with E-state index in [9.17, 15) is 4.79 Å². The van der Waals surface area contributed by atoms with Crippen LogP contribution in [0.3, 0.4) is 0 Å². The maximum absolute atomic E-state index is 12.0. The van der Waals surface area contributed by atoms with Crippen LogP contribution in [0.15, 0.2) is 24.3 Å². The Bertz CT molecular complexity index is 497. The van der Waals surface area contributed by atoms with Crippen LogP contribution in [0.2, 0.25) is 0 Å². The number of nitrogens with one attached hydrogen (secondary N) is 2. The highest BCUT2D eigenvalue weighted by Gasteiger charge is 2.22. The molecule has 1 aliphatic heterocycles. The number of carbonyl (C=O) groups excluding carboxylic acids is 1. The topological polar surface area (TPSA) is 50.4 Å². The first-order valence-corrected chi connectivity index (χ1v) is 8.12. The van der Waals surface area contributed by atoms with Crippen molar-refractivity contribution in [3.63, 3.8) is 0 Å². The van der Waals surface area contributed by atoms with Crippen molar-refractivity contribution in [2.75, 3.05) is 13.2 Å². The van der Waals surface area contributed by atoms with Gasteiger partial charge in [0.2, 0.25) is 0 Å². The molecule has 2 rings (SSSR count). The first-order chi connectivity index (χ1) is 10.4. The lowest BCUT2D eigenvalue weighted by Gasteiger charge is -2.30. The second-order valence-corrected chi connectivity index (χ2v) is 7.12. The average molecular weight is 341 g/mol. The summed E-state index contributed by atoms with van der Waals surface area (Å²) in [5, 5.41) is 6.42. The molecule has 2 atom stereocenters. The molecule has 1 heterocycles. The molecule has 1 amide bonds. The molecule has 130 valence electrons. The van der Waals surface area contributed by atoms with Gasteiger partial charge in [-0.2, -0.15) is 0 Å². The number of ether oxygens (including phenoxy) is 1. The van der Waals surface area contributed by atoms with Gasteiger partial charge in [-0.1, -0.05) is 32.9 Å². The molecule has 0 bridgehead atoms. The predicted octanol–water partition coefficient (Wildman–Crippen LogP) is 3.04. The normalized spacial score (nSPS) is 21.2. The zero-order valence-electron chi connectivity index (χ0n) is 14.5. The fourth-order valence-electron chi connectivity index (χ4n) is 2.69. The van der Waals surface area contributed by atoms with Crippen molar-refractivity contribution in [2.24, 2.45) is 0 Å². The van der Waals surface area contributed by atoms with Crippen LogP contribution in [-0.4, -0.2) is 31.1 Å². The van der Waals surface area contributed by atoms with Crippen molar-refractivity contribution >= 4 is 18.3 Å². The van der Waals surface area contributed by atoms with Gasteiger partial charge in [-0.05, 0) is 49.4 Å². The molecule has 23 heavy (non-hydrogen) atoms. The van der Waals surface area contributed by atoms with Crippen LogP contribution < -0.4 is 15.4 Å². The van der Waals surface area contributed by atoms with E-state index in [1.807, 2.05) is 12.1 Å². The first-order valence-electron chi connectivity index (χ1n) is 8.12. The van der Waals surface area contributed by atoms with Crippen molar-refractivity contribution < 1.29 is 9.53 Å². The third-order valence-corrected chi connectivity index (χ3v) is 4.20. The maximum atomic E-state index is 12.0. The molecule has 1 aromatic rings. The zero-order valence-corrected chi connectivity index (χ0v) is 15.3. The zero-order chi connectivity index (χ0) is 16.2. The number of rotatable bonds is 4. The van der Waals surface area contributed by atoms with Crippen molar-refractivity contribution in [3.05, 3.63) is 29.8 Å². The van der Waals surface area contributed by atoms with Crippen LogP contribution in [0.25, 0.3) is 0 Å². The molecule has 0 aromatic heterocycles. The molecule has 1 aromatic carbocycles. The molecular formula is C18H29ClN2O2. The van der Waals surface area contributed by atoms with E-state index in [1.54, 1.807) is 0 Å². The van der Waals surface area contributed by atoms with Gasteiger partial charge in [-0.15, -0.1) is 12.4 Å². The Morgan fingerprint density at radius 3 is 2.52 bits per heavy atom. The Morgan fingerprint density at radius 1 is 1.30 bits per heavy atom. The summed E-state index contributed by atoms with van der Waals surface area (Å²) < 4.78 is 5.58. The second-order valence-electron chi connectivity index (χ2n) is 7.12. The van der Waals surface area contributed by atoms with Crippen LogP contribution >= 0.6 is 12.4 Å². The molecule has 1 saturated heterocycles. The summed E-state index contributed by atoms with van der Waals surface area (Å²) in [6.45, 7) is 9.74. The van der Waals surface area contributed by atoms with Crippen LogP contribution in [0.4, 0.5) is 0 Å². The van der Waals surface area contributed by atoms with Gasteiger partial charge in [0.25, 0.3) is 5.91 Å². The van der Waals surface area contributed by atoms with Crippen molar-refractivity contribution in [3.8, 4) is 5.75 Å². The van der Waals surface area contributed by atoms with Crippen molar-refractivity contribution in [1.29, 1.82) is 0 Å². The summed E-state index contributed by atoms with van der Waals surface area (Å²) >= 11 is 0. The first kappa shape index (κ1) is 19.8. The lowest BCUT2D eigenvalue weighted by molar-refractivity contribution is -0.124. The molecule has 0 radical (unpaired) electrons. The molecular weight excluding hydrogens is 312 g/mol.